The Morgan fingerprint density at radius 3 is 0.703 bits per heavy atom. The number of carbonyl (C=O) groups excluding carboxylic acids is 3. The van der Waals surface area contributed by atoms with Crippen LogP contribution < -0.4 is 0 Å². The standard InChI is InChI=1S/3C10H20O2.Al/c3*1-7(2)5-9(10(11)12)6-8(3)4;/h3*7-9H,5-6H2,1-4H3,(H,11,12);/q;;;+3/p-3. The van der Waals surface area contributed by atoms with Gasteiger partial charge in [-0.15, -0.1) is 0 Å². The summed E-state index contributed by atoms with van der Waals surface area (Å²) in [6.07, 6.45) is 4.04. The van der Waals surface area contributed by atoms with Crippen molar-refractivity contribution < 1.29 is 25.7 Å². The molecule has 7 heteroatoms. The summed E-state index contributed by atoms with van der Waals surface area (Å²) in [7, 11) is 0. The summed E-state index contributed by atoms with van der Waals surface area (Å²) in [6, 6.07) is 0. The Kier molecular flexibility index (Phi) is 17.7. The minimum atomic E-state index is -3.40. The molecule has 0 aromatic carbocycles. The summed E-state index contributed by atoms with van der Waals surface area (Å²) < 4.78 is 17.4. The molecule has 0 fully saturated rings. The minimum Gasteiger partial charge on any atom is -0.551 e. The van der Waals surface area contributed by atoms with Crippen molar-refractivity contribution in [2.24, 2.45) is 53.3 Å². The maximum absolute atomic E-state index is 13.3. The summed E-state index contributed by atoms with van der Waals surface area (Å²) in [4.78, 5) is 39.8. The van der Waals surface area contributed by atoms with Crippen LogP contribution in [0.4, 0.5) is 0 Å². The van der Waals surface area contributed by atoms with E-state index in [2.05, 4.69) is 83.1 Å². The molecule has 216 valence electrons. The number of rotatable bonds is 18. The zero-order chi connectivity index (χ0) is 28.9. The lowest BCUT2D eigenvalue weighted by Gasteiger charge is -2.25. The number of carbonyl (C=O) groups is 3. The number of hydrogen-bond acceptors (Lipinski definition) is 6. The van der Waals surface area contributed by atoms with Gasteiger partial charge in [-0.1, -0.05) is 83.1 Å². The molecule has 0 aliphatic heterocycles. The topological polar surface area (TPSA) is 78.9 Å². The van der Waals surface area contributed by atoms with Gasteiger partial charge in [0.05, 0.1) is 17.8 Å². The molecule has 0 amide bonds. The Labute approximate surface area is 233 Å². The van der Waals surface area contributed by atoms with Crippen molar-refractivity contribution >= 4 is 33.1 Å². The van der Waals surface area contributed by atoms with Gasteiger partial charge >= 0.3 is 15.1 Å². The maximum atomic E-state index is 13.3. The van der Waals surface area contributed by atoms with Gasteiger partial charge in [0, 0.05) is 0 Å². The van der Waals surface area contributed by atoms with Crippen molar-refractivity contribution in [3.8, 4) is 0 Å². The van der Waals surface area contributed by atoms with Gasteiger partial charge in [-0.2, -0.15) is 0 Å². The van der Waals surface area contributed by atoms with E-state index in [0.717, 1.165) is 0 Å². The first-order chi connectivity index (χ1) is 17.0. The van der Waals surface area contributed by atoms with Crippen LogP contribution in [0.25, 0.3) is 0 Å². The van der Waals surface area contributed by atoms with E-state index in [1.807, 2.05) is 0 Å². The molecule has 0 aliphatic carbocycles. The molecule has 0 unspecified atom stereocenters. The molecule has 0 aliphatic rings. The third-order valence-corrected chi connectivity index (χ3v) is 7.45. The molecule has 0 bridgehead atoms. The van der Waals surface area contributed by atoms with E-state index in [1.165, 1.54) is 0 Å². The summed E-state index contributed by atoms with van der Waals surface area (Å²) >= 11 is -3.40. The lowest BCUT2D eigenvalue weighted by molar-refractivity contribution is -0.154. The molecule has 0 aromatic heterocycles. The maximum Gasteiger partial charge on any atom is 1.20 e. The lowest BCUT2D eigenvalue weighted by Crippen LogP contribution is -2.40. The Balaban J connectivity index is 5.93. The average molecular weight is 541 g/mol. The van der Waals surface area contributed by atoms with E-state index in [4.69, 9.17) is 11.4 Å². The molecule has 0 rings (SSSR count). The van der Waals surface area contributed by atoms with Crippen LogP contribution in [-0.4, -0.2) is 33.1 Å². The van der Waals surface area contributed by atoms with Gasteiger partial charge in [-0.05, 0) is 74.0 Å². The Hall–Kier alpha value is -1.06. The first-order valence-corrected chi connectivity index (χ1v) is 16.0. The Morgan fingerprint density at radius 1 is 0.405 bits per heavy atom. The normalized spacial score (nSPS) is 12.2. The summed E-state index contributed by atoms with van der Waals surface area (Å²) in [5.74, 6) is -0.378. The average Bonchev–Trinajstić information content (AvgIpc) is 2.70. The highest BCUT2D eigenvalue weighted by Crippen LogP contribution is 2.26. The largest absolute Gasteiger partial charge is 1.20 e. The molecule has 0 saturated carbocycles. The molecular formula is C30H57AlO6. The van der Waals surface area contributed by atoms with Crippen LogP contribution in [0.1, 0.15) is 122 Å². The van der Waals surface area contributed by atoms with Crippen LogP contribution in [0.5, 0.6) is 0 Å². The highest BCUT2D eigenvalue weighted by molar-refractivity contribution is 6.44. The van der Waals surface area contributed by atoms with Gasteiger partial charge in [-0.25, -0.2) is 0 Å². The smallest absolute Gasteiger partial charge is 0.551 e. The molecule has 0 spiro atoms. The fraction of sp³-hybridized carbons (Fsp3) is 0.900. The molecule has 37 heavy (non-hydrogen) atoms. The molecule has 0 radical (unpaired) electrons. The van der Waals surface area contributed by atoms with E-state index < -0.39 is 33.1 Å². The fourth-order valence-corrected chi connectivity index (χ4v) is 6.22. The van der Waals surface area contributed by atoms with E-state index >= 15 is 0 Å². The highest BCUT2D eigenvalue weighted by Gasteiger charge is 2.51. The third-order valence-electron chi connectivity index (χ3n) is 6.17. The highest BCUT2D eigenvalue weighted by atomic mass is 27.3. The van der Waals surface area contributed by atoms with Crippen LogP contribution in [0, 0.1) is 53.3 Å². The summed E-state index contributed by atoms with van der Waals surface area (Å²) in [6.45, 7) is 24.8. The second-order valence-corrected chi connectivity index (χ2v) is 14.8. The Bertz CT molecular complexity index is 551. The molecule has 0 saturated heterocycles. The molecular weight excluding hydrogens is 483 g/mol. The van der Waals surface area contributed by atoms with Crippen LogP contribution in [0.2, 0.25) is 0 Å². The molecule has 6 nitrogen and oxygen atoms in total. The van der Waals surface area contributed by atoms with Gasteiger partial charge in [0.1, 0.15) is 0 Å². The predicted molar refractivity (Wildman–Crippen MR) is 151 cm³/mol. The zero-order valence-electron chi connectivity index (χ0n) is 26.0. The zero-order valence-corrected chi connectivity index (χ0v) is 27.1. The van der Waals surface area contributed by atoms with Gasteiger partial charge in [0.2, 0.25) is 0 Å². The van der Waals surface area contributed by atoms with Gasteiger partial charge in [-0.3, -0.25) is 14.4 Å². The van der Waals surface area contributed by atoms with Crippen molar-refractivity contribution in [2.45, 2.75) is 122 Å². The quantitative estimate of drug-likeness (QED) is 0.166. The third kappa shape index (κ3) is 17.2. The SMILES string of the molecule is CC(C)CC(CC(C)C)C(=O)[O][Al]([O]C(=O)C(CC(C)C)CC(C)C)[O]C(=O)C(CC(C)C)CC(C)C. The second-order valence-electron chi connectivity index (χ2n) is 13.5. The summed E-state index contributed by atoms with van der Waals surface area (Å²) in [5.41, 5.74) is 0. The van der Waals surface area contributed by atoms with Crippen LogP contribution in [0.15, 0.2) is 0 Å². The van der Waals surface area contributed by atoms with Gasteiger partial charge < -0.3 is 11.4 Å². The monoisotopic (exact) mass is 540 g/mol. The van der Waals surface area contributed by atoms with E-state index in [1.54, 1.807) is 0 Å². The molecule has 0 N–H and O–H groups in total. The molecule has 0 aromatic rings. The van der Waals surface area contributed by atoms with E-state index in [0.29, 0.717) is 74.0 Å². The first-order valence-electron chi connectivity index (χ1n) is 14.6. The summed E-state index contributed by atoms with van der Waals surface area (Å²) in [5, 5.41) is 0. The first kappa shape index (κ1) is 35.9. The van der Waals surface area contributed by atoms with Crippen LogP contribution >= 0.6 is 0 Å². The van der Waals surface area contributed by atoms with Crippen molar-refractivity contribution in [1.82, 2.24) is 0 Å². The van der Waals surface area contributed by atoms with Crippen molar-refractivity contribution in [2.75, 3.05) is 0 Å². The van der Waals surface area contributed by atoms with Crippen LogP contribution in [-0.2, 0) is 25.7 Å². The van der Waals surface area contributed by atoms with Crippen molar-refractivity contribution in [1.29, 1.82) is 0 Å². The lowest BCUT2D eigenvalue weighted by atomic mass is 9.90. The van der Waals surface area contributed by atoms with Crippen molar-refractivity contribution in [3.05, 3.63) is 0 Å². The number of hydrogen-bond donors (Lipinski definition) is 0. The van der Waals surface area contributed by atoms with E-state index in [-0.39, 0.29) is 17.8 Å². The van der Waals surface area contributed by atoms with Crippen molar-refractivity contribution in [3.63, 3.8) is 0 Å². The minimum absolute atomic E-state index is 0.310. The fourth-order valence-electron chi connectivity index (χ4n) is 4.93. The Morgan fingerprint density at radius 2 is 0.568 bits per heavy atom. The van der Waals surface area contributed by atoms with Crippen LogP contribution in [0.3, 0.4) is 0 Å². The van der Waals surface area contributed by atoms with Gasteiger partial charge in [0.25, 0.3) is 17.9 Å². The second kappa shape index (κ2) is 18.3. The predicted octanol–water partition coefficient (Wildman–Crippen LogP) is 7.73. The molecule has 0 heterocycles. The van der Waals surface area contributed by atoms with Gasteiger partial charge in [0.15, 0.2) is 0 Å². The van der Waals surface area contributed by atoms with E-state index in [9.17, 15) is 14.4 Å². The molecule has 0 atom stereocenters.